The van der Waals surface area contributed by atoms with E-state index in [0.717, 1.165) is 18.0 Å². The highest BCUT2D eigenvalue weighted by Gasteiger charge is 2.16. The maximum Gasteiger partial charge on any atom is 0.0639 e. The van der Waals surface area contributed by atoms with E-state index in [4.69, 9.17) is 23.2 Å². The first-order valence-corrected chi connectivity index (χ1v) is 7.61. The van der Waals surface area contributed by atoms with Gasteiger partial charge >= 0.3 is 0 Å². The Bertz CT molecular complexity index is 386. The van der Waals surface area contributed by atoms with Crippen molar-refractivity contribution < 1.29 is 0 Å². The molecule has 0 aromatic heterocycles. The van der Waals surface area contributed by atoms with Crippen molar-refractivity contribution >= 4 is 23.2 Å². The number of benzene rings is 1. The second kappa shape index (κ2) is 6.79. The van der Waals surface area contributed by atoms with Gasteiger partial charge in [-0.25, -0.2) is 0 Å². The van der Waals surface area contributed by atoms with Crippen LogP contribution in [0.4, 0.5) is 0 Å². The number of hydrogen-bond acceptors (Lipinski definition) is 1. The van der Waals surface area contributed by atoms with Gasteiger partial charge in [-0.3, -0.25) is 0 Å². The van der Waals surface area contributed by atoms with Crippen LogP contribution in [0.5, 0.6) is 0 Å². The van der Waals surface area contributed by atoms with E-state index in [1.807, 2.05) is 18.2 Å². The van der Waals surface area contributed by atoms with Crippen LogP contribution in [0.15, 0.2) is 18.2 Å². The second-order valence-electron chi connectivity index (χ2n) is 5.28. The molecule has 1 aliphatic rings. The lowest BCUT2D eigenvalue weighted by Crippen LogP contribution is -2.27. The first-order chi connectivity index (χ1) is 8.68. The van der Waals surface area contributed by atoms with E-state index in [0.29, 0.717) is 10.0 Å². The van der Waals surface area contributed by atoms with E-state index in [1.165, 1.54) is 32.1 Å². The Morgan fingerprint density at radius 2 is 1.94 bits per heavy atom. The van der Waals surface area contributed by atoms with Crippen molar-refractivity contribution in [3.63, 3.8) is 0 Å². The van der Waals surface area contributed by atoms with Gasteiger partial charge in [0, 0.05) is 6.04 Å². The van der Waals surface area contributed by atoms with Gasteiger partial charge in [0.2, 0.25) is 0 Å². The Balaban J connectivity index is 1.90. The molecule has 1 aromatic rings. The molecule has 0 amide bonds. The highest BCUT2D eigenvalue weighted by molar-refractivity contribution is 6.42. The third-order valence-electron chi connectivity index (χ3n) is 3.89. The summed E-state index contributed by atoms with van der Waals surface area (Å²) in [5, 5.41) is 4.92. The highest BCUT2D eigenvalue weighted by atomic mass is 35.5. The molecular formula is C15H21Cl2N. The van der Waals surface area contributed by atoms with Crippen LogP contribution in [0.2, 0.25) is 10.0 Å². The van der Waals surface area contributed by atoms with E-state index >= 15 is 0 Å². The fraction of sp³-hybridized carbons (Fsp3) is 0.600. The van der Waals surface area contributed by atoms with E-state index in [2.05, 4.69) is 12.2 Å². The molecule has 1 saturated carbocycles. The first-order valence-electron chi connectivity index (χ1n) is 6.85. The summed E-state index contributed by atoms with van der Waals surface area (Å²) < 4.78 is 0. The van der Waals surface area contributed by atoms with Crippen LogP contribution >= 0.6 is 23.2 Å². The lowest BCUT2D eigenvalue weighted by molar-refractivity contribution is 0.331. The summed E-state index contributed by atoms with van der Waals surface area (Å²) in [6.45, 7) is 3.24. The van der Waals surface area contributed by atoms with Crippen molar-refractivity contribution in [2.24, 2.45) is 5.92 Å². The van der Waals surface area contributed by atoms with Crippen molar-refractivity contribution in [1.29, 1.82) is 0 Å². The van der Waals surface area contributed by atoms with Crippen molar-refractivity contribution in [2.75, 3.05) is 6.54 Å². The molecule has 0 saturated heterocycles. The molecule has 1 aliphatic carbocycles. The predicted molar refractivity (Wildman–Crippen MR) is 79.5 cm³/mol. The van der Waals surface area contributed by atoms with Crippen molar-refractivity contribution in [3.05, 3.63) is 33.8 Å². The van der Waals surface area contributed by atoms with Crippen LogP contribution in [-0.4, -0.2) is 6.54 Å². The Kier molecular flexibility index (Phi) is 5.35. The molecule has 3 heteroatoms. The quantitative estimate of drug-likeness (QED) is 0.799. The van der Waals surface area contributed by atoms with Gasteiger partial charge in [0.05, 0.1) is 10.0 Å². The van der Waals surface area contributed by atoms with Crippen LogP contribution in [0.3, 0.4) is 0 Å². The molecule has 1 unspecified atom stereocenters. The zero-order valence-corrected chi connectivity index (χ0v) is 12.4. The summed E-state index contributed by atoms with van der Waals surface area (Å²) in [6, 6.07) is 6.11. The lowest BCUT2D eigenvalue weighted by atomic mass is 9.89. The van der Waals surface area contributed by atoms with Crippen LogP contribution < -0.4 is 5.32 Å². The fourth-order valence-electron chi connectivity index (χ4n) is 2.70. The van der Waals surface area contributed by atoms with Crippen LogP contribution in [-0.2, 0) is 0 Å². The number of rotatable bonds is 4. The summed E-state index contributed by atoms with van der Waals surface area (Å²) >= 11 is 12.3. The predicted octanol–water partition coefficient (Wildman–Crippen LogP) is 5.22. The zero-order valence-electron chi connectivity index (χ0n) is 10.9. The van der Waals surface area contributed by atoms with E-state index in [-0.39, 0.29) is 6.04 Å². The molecule has 2 rings (SSSR count). The minimum Gasteiger partial charge on any atom is -0.310 e. The molecule has 1 nitrogen and oxygen atoms in total. The fourth-order valence-corrected chi connectivity index (χ4v) is 3.17. The summed E-state index contributed by atoms with van der Waals surface area (Å²) in [7, 11) is 0. The molecule has 1 fully saturated rings. The topological polar surface area (TPSA) is 12.0 Å². The van der Waals surface area contributed by atoms with E-state index in [1.54, 1.807) is 0 Å². The summed E-state index contributed by atoms with van der Waals surface area (Å²) in [5.41, 5.74) is 1.10. The maximum atomic E-state index is 6.24. The Morgan fingerprint density at radius 3 is 2.67 bits per heavy atom. The smallest absolute Gasteiger partial charge is 0.0639 e. The molecule has 0 spiro atoms. The van der Waals surface area contributed by atoms with Gasteiger partial charge in [0.1, 0.15) is 0 Å². The zero-order chi connectivity index (χ0) is 13.0. The third-order valence-corrected chi connectivity index (χ3v) is 4.72. The maximum absolute atomic E-state index is 6.24. The number of halogens is 2. The highest BCUT2D eigenvalue weighted by Crippen LogP contribution is 2.30. The average molecular weight is 286 g/mol. The Labute approximate surface area is 120 Å². The van der Waals surface area contributed by atoms with Crippen LogP contribution in [0.1, 0.15) is 50.6 Å². The van der Waals surface area contributed by atoms with Gasteiger partial charge in [-0.1, -0.05) is 54.6 Å². The molecule has 0 aliphatic heterocycles. The first kappa shape index (κ1) is 14.2. The second-order valence-corrected chi connectivity index (χ2v) is 6.06. The van der Waals surface area contributed by atoms with Crippen LogP contribution in [0, 0.1) is 5.92 Å². The molecule has 1 N–H and O–H groups in total. The number of hydrogen-bond donors (Lipinski definition) is 1. The minimum atomic E-state index is 0.262. The van der Waals surface area contributed by atoms with Crippen LogP contribution in [0.25, 0.3) is 0 Å². The van der Waals surface area contributed by atoms with Crippen molar-refractivity contribution in [1.82, 2.24) is 5.32 Å². The van der Waals surface area contributed by atoms with Gasteiger partial charge < -0.3 is 5.32 Å². The molecule has 0 heterocycles. The summed E-state index contributed by atoms with van der Waals surface area (Å²) in [4.78, 5) is 0. The van der Waals surface area contributed by atoms with E-state index in [9.17, 15) is 0 Å². The molecule has 0 radical (unpaired) electrons. The Hall–Kier alpha value is -0.240. The normalized spacial score (nSPS) is 18.8. The molecule has 1 aromatic carbocycles. The molecule has 18 heavy (non-hydrogen) atoms. The van der Waals surface area contributed by atoms with E-state index < -0.39 is 0 Å². The summed E-state index contributed by atoms with van der Waals surface area (Å²) in [6.07, 6.45) is 6.91. The third kappa shape index (κ3) is 3.63. The molecular weight excluding hydrogens is 265 g/mol. The summed E-state index contributed by atoms with van der Waals surface area (Å²) in [5.74, 6) is 0.833. The molecule has 0 bridgehead atoms. The minimum absolute atomic E-state index is 0.262. The SMILES string of the molecule is CC(NCC1CCCCC1)c1cccc(Cl)c1Cl. The largest absolute Gasteiger partial charge is 0.310 e. The Morgan fingerprint density at radius 1 is 1.22 bits per heavy atom. The van der Waals surface area contributed by atoms with Gasteiger partial charge in [-0.05, 0) is 43.9 Å². The van der Waals surface area contributed by atoms with Gasteiger partial charge in [0.15, 0.2) is 0 Å². The lowest BCUT2D eigenvalue weighted by Gasteiger charge is -2.24. The van der Waals surface area contributed by atoms with Crippen molar-refractivity contribution in [2.45, 2.75) is 45.1 Å². The average Bonchev–Trinajstić information content (AvgIpc) is 2.40. The monoisotopic (exact) mass is 285 g/mol. The van der Waals surface area contributed by atoms with Gasteiger partial charge in [-0.2, -0.15) is 0 Å². The standard InChI is InChI=1S/C15H21Cl2N/c1-11(13-8-5-9-14(16)15(13)17)18-10-12-6-3-2-4-7-12/h5,8-9,11-12,18H,2-4,6-7,10H2,1H3. The molecule has 1 atom stereocenters. The van der Waals surface area contributed by atoms with Gasteiger partial charge in [-0.15, -0.1) is 0 Å². The van der Waals surface area contributed by atoms with Crippen molar-refractivity contribution in [3.8, 4) is 0 Å². The van der Waals surface area contributed by atoms with Gasteiger partial charge in [0.25, 0.3) is 0 Å². The number of nitrogens with one attached hydrogen (secondary N) is 1. The molecule has 100 valence electrons.